The smallest absolute Gasteiger partial charge is 0.118 e. The van der Waals surface area contributed by atoms with Crippen LogP contribution < -0.4 is 4.74 Å². The molecule has 0 aliphatic heterocycles. The summed E-state index contributed by atoms with van der Waals surface area (Å²) >= 11 is 6.25. The van der Waals surface area contributed by atoms with E-state index in [9.17, 15) is 0 Å². The Morgan fingerprint density at radius 2 is 1.77 bits per heavy atom. The molecule has 0 saturated carbocycles. The lowest BCUT2D eigenvalue weighted by Crippen LogP contribution is -2.20. The normalized spacial score (nSPS) is 11.4. The minimum Gasteiger partial charge on any atom is -0.497 e. The van der Waals surface area contributed by atoms with E-state index in [-0.39, 0.29) is 0 Å². The summed E-state index contributed by atoms with van der Waals surface area (Å²) in [7, 11) is 0.182. The molecule has 1 aromatic rings. The highest BCUT2D eigenvalue weighted by atomic mass is 35.6. The second kappa shape index (κ2) is 4.16. The molecule has 0 aliphatic rings. The minimum atomic E-state index is -1.49. The average molecular weight is 215 g/mol. The number of halogens is 1. The second-order valence-corrected chi connectivity index (χ2v) is 10.6. The third kappa shape index (κ3) is 3.83. The molecule has 0 unspecified atom stereocenters. The first-order valence-corrected chi connectivity index (χ1v) is 8.55. The van der Waals surface area contributed by atoms with Gasteiger partial charge in [-0.05, 0) is 12.1 Å². The first kappa shape index (κ1) is 10.6. The maximum absolute atomic E-state index is 6.25. The van der Waals surface area contributed by atoms with Gasteiger partial charge in [-0.3, -0.25) is 0 Å². The Labute approximate surface area is 85.4 Å². The number of hydrogen-bond donors (Lipinski definition) is 0. The van der Waals surface area contributed by atoms with Crippen molar-refractivity contribution in [1.82, 2.24) is 0 Å². The lowest BCUT2D eigenvalue weighted by atomic mass is 10.2. The van der Waals surface area contributed by atoms with Crippen molar-refractivity contribution in [3.8, 4) is 5.75 Å². The van der Waals surface area contributed by atoms with Crippen molar-refractivity contribution in [2.24, 2.45) is 0 Å². The first-order valence-electron chi connectivity index (χ1n) is 4.33. The third-order valence-electron chi connectivity index (χ3n) is 1.78. The second-order valence-electron chi connectivity index (χ2n) is 3.74. The fourth-order valence-corrected chi connectivity index (χ4v) is 2.90. The molecule has 0 saturated heterocycles. The molecule has 3 heteroatoms. The predicted octanol–water partition coefficient (Wildman–Crippen LogP) is 3.22. The molecule has 0 radical (unpaired) electrons. The predicted molar refractivity (Wildman–Crippen MR) is 60.0 cm³/mol. The van der Waals surface area contributed by atoms with Crippen molar-refractivity contribution in [3.05, 3.63) is 29.8 Å². The number of hydrogen-bond acceptors (Lipinski definition) is 1. The summed E-state index contributed by atoms with van der Waals surface area (Å²) in [5.41, 5.74) is 1.30. The van der Waals surface area contributed by atoms with E-state index in [2.05, 4.69) is 25.2 Å². The van der Waals surface area contributed by atoms with Crippen molar-refractivity contribution in [2.45, 2.75) is 19.1 Å². The van der Waals surface area contributed by atoms with Crippen molar-refractivity contribution < 1.29 is 4.74 Å². The highest BCUT2D eigenvalue weighted by Gasteiger charge is 2.04. The molecular weight excluding hydrogens is 200 g/mol. The van der Waals surface area contributed by atoms with Crippen LogP contribution >= 0.6 is 11.1 Å². The van der Waals surface area contributed by atoms with E-state index in [1.54, 1.807) is 7.11 Å². The lowest BCUT2D eigenvalue weighted by Gasteiger charge is -2.25. The Bertz CT molecular complexity index is 263. The van der Waals surface area contributed by atoms with Crippen LogP contribution in [-0.2, 0) is 6.04 Å². The summed E-state index contributed by atoms with van der Waals surface area (Å²) in [6.45, 7) is 4.30. The summed E-state index contributed by atoms with van der Waals surface area (Å²) in [6.07, 6.45) is 0. The van der Waals surface area contributed by atoms with Gasteiger partial charge in [-0.2, -0.15) is 13.1 Å². The van der Waals surface area contributed by atoms with Gasteiger partial charge in [-0.25, -0.2) is 0 Å². The molecule has 1 nitrogen and oxygen atoms in total. The third-order valence-corrected chi connectivity index (χ3v) is 3.43. The van der Waals surface area contributed by atoms with Crippen molar-refractivity contribution in [3.63, 3.8) is 0 Å². The number of benzene rings is 1. The summed E-state index contributed by atoms with van der Waals surface area (Å²) in [4.78, 5) is 0. The van der Waals surface area contributed by atoms with Gasteiger partial charge in [0.15, 0.2) is 0 Å². The molecule has 0 N–H and O–H groups in total. The monoisotopic (exact) mass is 214 g/mol. The van der Waals surface area contributed by atoms with Gasteiger partial charge in [0.1, 0.15) is 5.75 Å². The van der Waals surface area contributed by atoms with Gasteiger partial charge >= 0.3 is 0 Å². The molecule has 0 bridgehead atoms. The van der Waals surface area contributed by atoms with Crippen LogP contribution in [0.4, 0.5) is 0 Å². The summed E-state index contributed by atoms with van der Waals surface area (Å²) < 4.78 is 5.08. The Kier molecular flexibility index (Phi) is 3.39. The van der Waals surface area contributed by atoms with Gasteiger partial charge < -0.3 is 15.8 Å². The van der Waals surface area contributed by atoms with Gasteiger partial charge in [-0.15, -0.1) is 6.04 Å². The molecular formula is C10H15ClOSi-. The van der Waals surface area contributed by atoms with E-state index in [1.165, 1.54) is 5.56 Å². The summed E-state index contributed by atoms with van der Waals surface area (Å²) in [5.74, 6) is 0.901. The largest absolute Gasteiger partial charge is 0.497 e. The fraction of sp³-hybridized carbons (Fsp3) is 0.400. The SMILES string of the molecule is COc1ccc(C[Si-](C)(C)Cl)cc1. The van der Waals surface area contributed by atoms with E-state index in [0.29, 0.717) is 0 Å². The molecule has 0 aliphatic carbocycles. The lowest BCUT2D eigenvalue weighted by molar-refractivity contribution is 0.414. The summed E-state index contributed by atoms with van der Waals surface area (Å²) in [6, 6.07) is 9.13. The Balaban J connectivity index is 2.70. The van der Waals surface area contributed by atoms with Crippen LogP contribution in [0.15, 0.2) is 24.3 Å². The minimum absolute atomic E-state index is 0.901. The van der Waals surface area contributed by atoms with Crippen molar-refractivity contribution in [2.75, 3.05) is 7.11 Å². The van der Waals surface area contributed by atoms with Crippen molar-refractivity contribution in [1.29, 1.82) is 0 Å². The Morgan fingerprint density at radius 1 is 1.23 bits per heavy atom. The summed E-state index contributed by atoms with van der Waals surface area (Å²) in [5, 5.41) is 0. The number of rotatable bonds is 3. The van der Waals surface area contributed by atoms with Gasteiger partial charge in [0, 0.05) is 0 Å². The zero-order valence-electron chi connectivity index (χ0n) is 8.30. The molecule has 0 spiro atoms. The van der Waals surface area contributed by atoms with Crippen LogP contribution in [0.1, 0.15) is 5.56 Å². The van der Waals surface area contributed by atoms with E-state index in [0.717, 1.165) is 11.8 Å². The van der Waals surface area contributed by atoms with Gasteiger partial charge in [0.2, 0.25) is 0 Å². The van der Waals surface area contributed by atoms with Crippen LogP contribution in [0, 0.1) is 0 Å². The first-order chi connectivity index (χ1) is 6.01. The highest BCUT2D eigenvalue weighted by Crippen LogP contribution is 2.18. The molecule has 1 aromatic carbocycles. The molecule has 0 amide bonds. The standard InChI is InChI=1S/C10H15ClOSi/c1-12-10-6-4-9(5-7-10)8-13(2,3)11/h4-7H,8H2,1-3H3/q-1. The van der Waals surface area contributed by atoms with E-state index in [1.807, 2.05) is 12.1 Å². The molecule has 1 rings (SSSR count). The number of methoxy groups -OCH3 is 1. The van der Waals surface area contributed by atoms with E-state index >= 15 is 0 Å². The maximum atomic E-state index is 6.25. The van der Waals surface area contributed by atoms with E-state index < -0.39 is 7.38 Å². The molecule has 0 atom stereocenters. The van der Waals surface area contributed by atoms with Gasteiger partial charge in [0.05, 0.1) is 7.11 Å². The van der Waals surface area contributed by atoms with Crippen LogP contribution in [0.3, 0.4) is 0 Å². The maximum Gasteiger partial charge on any atom is 0.118 e. The van der Waals surface area contributed by atoms with Gasteiger partial charge in [-0.1, -0.05) is 25.1 Å². The highest BCUT2D eigenvalue weighted by molar-refractivity contribution is 7.18. The average Bonchev–Trinajstić information content (AvgIpc) is 2.03. The van der Waals surface area contributed by atoms with Crippen LogP contribution in [0.25, 0.3) is 0 Å². The van der Waals surface area contributed by atoms with Crippen LogP contribution in [-0.4, -0.2) is 14.5 Å². The fourth-order valence-electron chi connectivity index (χ4n) is 1.23. The zero-order chi connectivity index (χ0) is 9.90. The topological polar surface area (TPSA) is 9.23 Å². The van der Waals surface area contributed by atoms with Crippen LogP contribution in [0.5, 0.6) is 5.75 Å². The zero-order valence-corrected chi connectivity index (χ0v) is 10.1. The Hall–Kier alpha value is -0.473. The van der Waals surface area contributed by atoms with Gasteiger partial charge in [0.25, 0.3) is 0 Å². The molecule has 0 heterocycles. The molecule has 73 valence electrons. The van der Waals surface area contributed by atoms with Crippen LogP contribution in [0.2, 0.25) is 13.1 Å². The van der Waals surface area contributed by atoms with E-state index in [4.69, 9.17) is 15.8 Å². The van der Waals surface area contributed by atoms with Crippen molar-refractivity contribution >= 4 is 18.5 Å². The number of ether oxygens (including phenoxy) is 1. The Morgan fingerprint density at radius 3 is 2.15 bits per heavy atom. The molecule has 13 heavy (non-hydrogen) atoms. The quantitative estimate of drug-likeness (QED) is 0.555. The molecule has 0 fully saturated rings. The molecule has 0 aromatic heterocycles.